The number of hydrogen-bond donors (Lipinski definition) is 1. The van der Waals surface area contributed by atoms with Gasteiger partial charge in [-0.15, -0.1) is 0 Å². The van der Waals surface area contributed by atoms with E-state index in [0.717, 1.165) is 5.56 Å². The summed E-state index contributed by atoms with van der Waals surface area (Å²) in [6.07, 6.45) is 0. The fourth-order valence-corrected chi connectivity index (χ4v) is 1.87. The molecule has 0 saturated carbocycles. The normalized spacial score (nSPS) is 10.1. The van der Waals surface area contributed by atoms with Gasteiger partial charge in [0, 0.05) is 11.6 Å². The van der Waals surface area contributed by atoms with Crippen molar-refractivity contribution in [1.82, 2.24) is 5.32 Å². The first-order valence-electron chi connectivity index (χ1n) is 5.44. The molecular formula is C14H11Cl2NO. The van der Waals surface area contributed by atoms with E-state index in [9.17, 15) is 4.79 Å². The average Bonchev–Trinajstić information content (AvgIpc) is 2.38. The second kappa shape index (κ2) is 5.89. The first kappa shape index (κ1) is 12.9. The van der Waals surface area contributed by atoms with Crippen molar-refractivity contribution in [3.05, 3.63) is 69.7 Å². The van der Waals surface area contributed by atoms with Crippen LogP contribution < -0.4 is 5.32 Å². The fourth-order valence-electron chi connectivity index (χ4n) is 1.53. The van der Waals surface area contributed by atoms with Crippen LogP contribution in [0.4, 0.5) is 0 Å². The lowest BCUT2D eigenvalue weighted by molar-refractivity contribution is 0.0951. The van der Waals surface area contributed by atoms with E-state index in [1.165, 1.54) is 0 Å². The fraction of sp³-hybridized carbons (Fsp3) is 0.0714. The molecule has 2 aromatic rings. The molecule has 0 saturated heterocycles. The van der Waals surface area contributed by atoms with Crippen LogP contribution in [0.1, 0.15) is 15.9 Å². The van der Waals surface area contributed by atoms with Gasteiger partial charge in [0.05, 0.1) is 10.6 Å². The molecule has 0 aliphatic carbocycles. The van der Waals surface area contributed by atoms with Crippen LogP contribution in [0.2, 0.25) is 10.0 Å². The molecule has 0 spiro atoms. The molecule has 0 heterocycles. The van der Waals surface area contributed by atoms with Crippen molar-refractivity contribution in [2.24, 2.45) is 0 Å². The molecule has 0 aliphatic rings. The monoisotopic (exact) mass is 279 g/mol. The van der Waals surface area contributed by atoms with Gasteiger partial charge in [0.1, 0.15) is 0 Å². The highest BCUT2D eigenvalue weighted by atomic mass is 35.5. The van der Waals surface area contributed by atoms with E-state index in [0.29, 0.717) is 22.2 Å². The minimum Gasteiger partial charge on any atom is -0.348 e. The number of carbonyl (C=O) groups is 1. The van der Waals surface area contributed by atoms with Crippen LogP contribution in [-0.2, 0) is 6.54 Å². The first-order chi connectivity index (χ1) is 8.66. The minimum absolute atomic E-state index is 0.185. The molecule has 1 amide bonds. The Morgan fingerprint density at radius 1 is 1.00 bits per heavy atom. The lowest BCUT2D eigenvalue weighted by atomic mass is 10.2. The van der Waals surface area contributed by atoms with Gasteiger partial charge in [-0.2, -0.15) is 0 Å². The van der Waals surface area contributed by atoms with E-state index in [1.807, 2.05) is 12.1 Å². The minimum atomic E-state index is -0.185. The summed E-state index contributed by atoms with van der Waals surface area (Å²) < 4.78 is 0. The van der Waals surface area contributed by atoms with Gasteiger partial charge >= 0.3 is 0 Å². The summed E-state index contributed by atoms with van der Waals surface area (Å²) in [5.74, 6) is -0.185. The van der Waals surface area contributed by atoms with Crippen LogP contribution >= 0.6 is 23.2 Å². The van der Waals surface area contributed by atoms with Gasteiger partial charge in [0.15, 0.2) is 0 Å². The van der Waals surface area contributed by atoms with Crippen molar-refractivity contribution in [3.63, 3.8) is 0 Å². The molecule has 0 aromatic heterocycles. The Balaban J connectivity index is 2.01. The number of carbonyl (C=O) groups excluding carboxylic acids is 1. The summed E-state index contributed by atoms with van der Waals surface area (Å²) >= 11 is 11.7. The zero-order valence-electron chi connectivity index (χ0n) is 9.49. The summed E-state index contributed by atoms with van der Waals surface area (Å²) in [5, 5.41) is 3.94. The van der Waals surface area contributed by atoms with E-state index in [1.54, 1.807) is 36.4 Å². The van der Waals surface area contributed by atoms with Crippen molar-refractivity contribution < 1.29 is 4.79 Å². The number of nitrogens with one attached hydrogen (secondary N) is 1. The van der Waals surface area contributed by atoms with Gasteiger partial charge < -0.3 is 5.32 Å². The summed E-state index contributed by atoms with van der Waals surface area (Å²) in [5.41, 5.74) is 1.47. The molecule has 2 rings (SSSR count). The Labute approximate surface area is 116 Å². The molecule has 92 valence electrons. The van der Waals surface area contributed by atoms with Crippen LogP contribution in [-0.4, -0.2) is 5.91 Å². The molecule has 0 radical (unpaired) electrons. The van der Waals surface area contributed by atoms with Crippen LogP contribution in [0.25, 0.3) is 0 Å². The highest BCUT2D eigenvalue weighted by molar-refractivity contribution is 6.33. The first-order valence-corrected chi connectivity index (χ1v) is 6.19. The van der Waals surface area contributed by atoms with Gasteiger partial charge in [-0.1, -0.05) is 47.5 Å². The van der Waals surface area contributed by atoms with E-state index in [2.05, 4.69) is 5.32 Å². The molecule has 1 N–H and O–H groups in total. The summed E-state index contributed by atoms with van der Waals surface area (Å²) in [7, 11) is 0. The SMILES string of the molecule is O=C(NCc1ccc(Cl)cc1)c1ccccc1Cl. The van der Waals surface area contributed by atoms with Crippen LogP contribution in [0, 0.1) is 0 Å². The Morgan fingerprint density at radius 3 is 2.33 bits per heavy atom. The van der Waals surface area contributed by atoms with Gasteiger partial charge in [-0.3, -0.25) is 4.79 Å². The Kier molecular flexibility index (Phi) is 4.24. The number of benzene rings is 2. The Morgan fingerprint density at radius 2 is 1.67 bits per heavy atom. The van der Waals surface area contributed by atoms with E-state index in [-0.39, 0.29) is 5.91 Å². The lowest BCUT2D eigenvalue weighted by Gasteiger charge is -2.06. The maximum absolute atomic E-state index is 11.9. The van der Waals surface area contributed by atoms with Crippen LogP contribution in [0.3, 0.4) is 0 Å². The van der Waals surface area contributed by atoms with Crippen LogP contribution in [0.5, 0.6) is 0 Å². The van der Waals surface area contributed by atoms with E-state index in [4.69, 9.17) is 23.2 Å². The number of hydrogen-bond acceptors (Lipinski definition) is 1. The van der Waals surface area contributed by atoms with E-state index >= 15 is 0 Å². The zero-order chi connectivity index (χ0) is 13.0. The van der Waals surface area contributed by atoms with Gasteiger partial charge in [0.25, 0.3) is 5.91 Å². The molecule has 0 bridgehead atoms. The van der Waals surface area contributed by atoms with Crippen molar-refractivity contribution in [1.29, 1.82) is 0 Å². The number of halogens is 2. The van der Waals surface area contributed by atoms with Gasteiger partial charge in [-0.25, -0.2) is 0 Å². The quantitative estimate of drug-likeness (QED) is 0.907. The molecule has 2 nitrogen and oxygen atoms in total. The molecule has 0 aliphatic heterocycles. The lowest BCUT2D eigenvalue weighted by Crippen LogP contribution is -2.22. The van der Waals surface area contributed by atoms with Crippen molar-refractivity contribution in [2.45, 2.75) is 6.54 Å². The third-order valence-corrected chi connectivity index (χ3v) is 3.07. The molecular weight excluding hydrogens is 269 g/mol. The third-order valence-electron chi connectivity index (χ3n) is 2.48. The highest BCUT2D eigenvalue weighted by Crippen LogP contribution is 2.15. The van der Waals surface area contributed by atoms with Gasteiger partial charge in [-0.05, 0) is 29.8 Å². The topological polar surface area (TPSA) is 29.1 Å². The molecule has 0 unspecified atom stereocenters. The predicted molar refractivity (Wildman–Crippen MR) is 74.1 cm³/mol. The highest BCUT2D eigenvalue weighted by Gasteiger charge is 2.08. The molecule has 2 aromatic carbocycles. The second-order valence-corrected chi connectivity index (χ2v) is 4.63. The van der Waals surface area contributed by atoms with Crippen molar-refractivity contribution in [2.75, 3.05) is 0 Å². The zero-order valence-corrected chi connectivity index (χ0v) is 11.0. The summed E-state index contributed by atoms with van der Waals surface area (Å²) in [6.45, 7) is 0.446. The van der Waals surface area contributed by atoms with Crippen LogP contribution in [0.15, 0.2) is 48.5 Å². The largest absolute Gasteiger partial charge is 0.348 e. The molecule has 0 fully saturated rings. The smallest absolute Gasteiger partial charge is 0.253 e. The summed E-state index contributed by atoms with van der Waals surface area (Å²) in [6, 6.07) is 14.3. The molecule has 0 atom stereocenters. The van der Waals surface area contributed by atoms with Crippen molar-refractivity contribution >= 4 is 29.1 Å². The maximum Gasteiger partial charge on any atom is 0.253 e. The third kappa shape index (κ3) is 3.25. The number of rotatable bonds is 3. The van der Waals surface area contributed by atoms with Gasteiger partial charge in [0.2, 0.25) is 0 Å². The average molecular weight is 280 g/mol. The summed E-state index contributed by atoms with van der Waals surface area (Å²) in [4.78, 5) is 11.9. The van der Waals surface area contributed by atoms with E-state index < -0.39 is 0 Å². The second-order valence-electron chi connectivity index (χ2n) is 3.79. The molecule has 4 heteroatoms. The Bertz CT molecular complexity index is 552. The maximum atomic E-state index is 11.9. The molecule has 18 heavy (non-hydrogen) atoms. The Hall–Kier alpha value is -1.51. The standard InChI is InChI=1S/C14H11Cl2NO/c15-11-7-5-10(6-8-11)9-17-14(18)12-3-1-2-4-13(12)16/h1-8H,9H2,(H,17,18). The number of amides is 1. The van der Waals surface area contributed by atoms with Crippen molar-refractivity contribution in [3.8, 4) is 0 Å². The predicted octanol–water partition coefficient (Wildman–Crippen LogP) is 3.92.